The topological polar surface area (TPSA) is 64.4 Å². The molecule has 6 heteroatoms. The molecule has 0 aliphatic carbocycles. The number of halogens is 2. The highest BCUT2D eigenvalue weighted by Crippen LogP contribution is 2.20. The first kappa shape index (κ1) is 18.2. The van der Waals surface area contributed by atoms with Gasteiger partial charge in [0, 0.05) is 18.2 Å². The van der Waals surface area contributed by atoms with Crippen molar-refractivity contribution in [2.24, 2.45) is 11.7 Å². The summed E-state index contributed by atoms with van der Waals surface area (Å²) in [5.74, 6) is 0.0969. The van der Waals surface area contributed by atoms with Gasteiger partial charge in [0.1, 0.15) is 0 Å². The van der Waals surface area contributed by atoms with E-state index in [1.165, 1.54) is 0 Å². The number of carbonyl (C=O) groups excluding carboxylic acids is 1. The van der Waals surface area contributed by atoms with Gasteiger partial charge in [-0.15, -0.1) is 12.4 Å². The van der Waals surface area contributed by atoms with E-state index in [1.54, 1.807) is 0 Å². The van der Waals surface area contributed by atoms with Crippen LogP contribution >= 0.6 is 24.0 Å². The Hall–Kier alpha value is -0.810. The van der Waals surface area contributed by atoms with Crippen LogP contribution in [-0.4, -0.2) is 25.2 Å². The highest BCUT2D eigenvalue weighted by atomic mass is 35.5. The lowest BCUT2D eigenvalue weighted by molar-refractivity contribution is -0.125. The lowest BCUT2D eigenvalue weighted by Crippen LogP contribution is -2.47. The molecule has 1 aliphatic heterocycles. The summed E-state index contributed by atoms with van der Waals surface area (Å²) >= 11 is 5.96. The van der Waals surface area contributed by atoms with Gasteiger partial charge in [0.05, 0.1) is 12.1 Å². The Morgan fingerprint density at radius 1 is 1.43 bits per heavy atom. The summed E-state index contributed by atoms with van der Waals surface area (Å²) in [4.78, 5) is 12.2. The Balaban J connectivity index is 0.00000220. The van der Waals surface area contributed by atoms with Crippen molar-refractivity contribution in [3.8, 4) is 0 Å². The second kappa shape index (κ2) is 8.59. The summed E-state index contributed by atoms with van der Waals surface area (Å²) in [5.41, 5.74) is 7.03. The van der Waals surface area contributed by atoms with E-state index in [1.807, 2.05) is 31.2 Å². The molecular formula is C15H22Cl2N2O2. The first-order valence-corrected chi connectivity index (χ1v) is 7.35. The van der Waals surface area contributed by atoms with Crippen LogP contribution in [0, 0.1) is 5.92 Å². The van der Waals surface area contributed by atoms with E-state index in [-0.39, 0.29) is 30.3 Å². The quantitative estimate of drug-likeness (QED) is 0.890. The molecule has 0 bridgehead atoms. The second-order valence-electron chi connectivity index (χ2n) is 5.26. The summed E-state index contributed by atoms with van der Waals surface area (Å²) in [6.07, 6.45) is 1.69. The van der Waals surface area contributed by atoms with Gasteiger partial charge >= 0.3 is 0 Å². The van der Waals surface area contributed by atoms with Crippen molar-refractivity contribution in [1.82, 2.24) is 5.32 Å². The van der Waals surface area contributed by atoms with E-state index in [0.29, 0.717) is 18.2 Å². The number of hydrogen-bond donors (Lipinski definition) is 2. The normalized spacial score (nSPS) is 18.4. The van der Waals surface area contributed by atoms with Crippen LogP contribution in [0.3, 0.4) is 0 Å². The number of hydrogen-bond acceptors (Lipinski definition) is 3. The van der Waals surface area contributed by atoms with Gasteiger partial charge in [0.15, 0.2) is 0 Å². The van der Waals surface area contributed by atoms with Crippen molar-refractivity contribution >= 4 is 29.9 Å². The lowest BCUT2D eigenvalue weighted by Gasteiger charge is -2.28. The number of nitrogens with two attached hydrogens (primary N) is 1. The van der Waals surface area contributed by atoms with Crippen LogP contribution in [0.25, 0.3) is 0 Å². The Labute approximate surface area is 136 Å². The second-order valence-corrected chi connectivity index (χ2v) is 5.70. The SMILES string of the molecule is CC(NC(=O)C(N)C1CCOCC1)c1cccc(Cl)c1.Cl. The van der Waals surface area contributed by atoms with Crippen molar-refractivity contribution in [2.45, 2.75) is 31.8 Å². The van der Waals surface area contributed by atoms with Crippen LogP contribution < -0.4 is 11.1 Å². The van der Waals surface area contributed by atoms with Crippen LogP contribution in [0.1, 0.15) is 31.4 Å². The number of nitrogens with one attached hydrogen (secondary N) is 1. The molecule has 2 rings (SSSR count). The predicted octanol–water partition coefficient (Wildman–Crippen LogP) is 2.69. The van der Waals surface area contributed by atoms with E-state index in [4.69, 9.17) is 22.1 Å². The van der Waals surface area contributed by atoms with E-state index >= 15 is 0 Å². The smallest absolute Gasteiger partial charge is 0.237 e. The fourth-order valence-corrected chi connectivity index (χ4v) is 2.66. The molecule has 1 fully saturated rings. The predicted molar refractivity (Wildman–Crippen MR) is 86.8 cm³/mol. The average Bonchev–Trinajstić information content (AvgIpc) is 2.47. The fraction of sp³-hybridized carbons (Fsp3) is 0.533. The maximum atomic E-state index is 12.2. The molecule has 0 radical (unpaired) electrons. The first-order chi connectivity index (χ1) is 9.58. The maximum Gasteiger partial charge on any atom is 0.237 e. The molecule has 1 heterocycles. The molecule has 1 aliphatic rings. The Bertz CT molecular complexity index is 465. The standard InChI is InChI=1S/C15H21ClN2O2.ClH/c1-10(12-3-2-4-13(16)9-12)18-15(19)14(17)11-5-7-20-8-6-11;/h2-4,9-11,14H,5-8,17H2,1H3,(H,18,19);1H. The van der Waals surface area contributed by atoms with Crippen molar-refractivity contribution < 1.29 is 9.53 Å². The molecule has 4 nitrogen and oxygen atoms in total. The van der Waals surface area contributed by atoms with Crippen LogP contribution in [0.4, 0.5) is 0 Å². The number of rotatable bonds is 4. The molecule has 1 saturated heterocycles. The van der Waals surface area contributed by atoms with Gasteiger partial charge in [-0.1, -0.05) is 23.7 Å². The van der Waals surface area contributed by atoms with Gasteiger partial charge in [0.2, 0.25) is 5.91 Å². The molecule has 2 unspecified atom stereocenters. The monoisotopic (exact) mass is 332 g/mol. The molecule has 3 N–H and O–H groups in total. The average molecular weight is 333 g/mol. The molecule has 118 valence electrons. The molecule has 0 spiro atoms. The van der Waals surface area contributed by atoms with Gasteiger partial charge in [0.25, 0.3) is 0 Å². The number of ether oxygens (including phenoxy) is 1. The van der Waals surface area contributed by atoms with Crippen molar-refractivity contribution in [3.63, 3.8) is 0 Å². The zero-order valence-electron chi connectivity index (χ0n) is 12.0. The van der Waals surface area contributed by atoms with Crippen molar-refractivity contribution in [3.05, 3.63) is 34.9 Å². The molecule has 1 amide bonds. The first-order valence-electron chi connectivity index (χ1n) is 6.97. The van der Waals surface area contributed by atoms with Gasteiger partial charge < -0.3 is 15.8 Å². The van der Waals surface area contributed by atoms with Crippen LogP contribution in [0.15, 0.2) is 24.3 Å². The van der Waals surface area contributed by atoms with Gasteiger partial charge in [-0.2, -0.15) is 0 Å². The summed E-state index contributed by atoms with van der Waals surface area (Å²) in [5, 5.41) is 3.62. The molecule has 21 heavy (non-hydrogen) atoms. The van der Waals surface area contributed by atoms with E-state index in [9.17, 15) is 4.79 Å². The molecule has 0 saturated carbocycles. The van der Waals surface area contributed by atoms with Gasteiger partial charge in [-0.05, 0) is 43.4 Å². The molecule has 1 aromatic carbocycles. The highest BCUT2D eigenvalue weighted by molar-refractivity contribution is 6.30. The number of amides is 1. The van der Waals surface area contributed by atoms with Crippen LogP contribution in [-0.2, 0) is 9.53 Å². The zero-order chi connectivity index (χ0) is 14.5. The zero-order valence-corrected chi connectivity index (χ0v) is 13.6. The fourth-order valence-electron chi connectivity index (χ4n) is 2.46. The maximum absolute atomic E-state index is 12.2. The summed E-state index contributed by atoms with van der Waals surface area (Å²) in [6, 6.07) is 6.91. The third-order valence-corrected chi connectivity index (χ3v) is 4.02. The minimum Gasteiger partial charge on any atom is -0.381 e. The molecule has 0 aromatic heterocycles. The summed E-state index contributed by atoms with van der Waals surface area (Å²) in [7, 11) is 0. The van der Waals surface area contributed by atoms with Crippen molar-refractivity contribution in [2.75, 3.05) is 13.2 Å². The van der Waals surface area contributed by atoms with Crippen molar-refractivity contribution in [1.29, 1.82) is 0 Å². The lowest BCUT2D eigenvalue weighted by atomic mass is 9.91. The van der Waals surface area contributed by atoms with Gasteiger partial charge in [-0.25, -0.2) is 0 Å². The van der Waals surface area contributed by atoms with Crippen LogP contribution in [0.2, 0.25) is 5.02 Å². The van der Waals surface area contributed by atoms with E-state index < -0.39 is 6.04 Å². The molecule has 1 aromatic rings. The van der Waals surface area contributed by atoms with Crippen LogP contribution in [0.5, 0.6) is 0 Å². The molecular weight excluding hydrogens is 311 g/mol. The minimum absolute atomic E-state index is 0. The summed E-state index contributed by atoms with van der Waals surface area (Å²) in [6.45, 7) is 3.31. The Morgan fingerprint density at radius 2 is 2.10 bits per heavy atom. The largest absolute Gasteiger partial charge is 0.381 e. The third-order valence-electron chi connectivity index (χ3n) is 3.78. The Kier molecular flexibility index (Phi) is 7.46. The Morgan fingerprint density at radius 3 is 2.71 bits per heavy atom. The number of benzene rings is 1. The third kappa shape index (κ3) is 5.15. The van der Waals surface area contributed by atoms with E-state index in [0.717, 1.165) is 18.4 Å². The van der Waals surface area contributed by atoms with E-state index in [2.05, 4.69) is 5.32 Å². The number of carbonyl (C=O) groups is 1. The summed E-state index contributed by atoms with van der Waals surface area (Å²) < 4.78 is 5.29. The molecule has 2 atom stereocenters. The minimum atomic E-state index is -0.472. The highest BCUT2D eigenvalue weighted by Gasteiger charge is 2.27. The van der Waals surface area contributed by atoms with Gasteiger partial charge in [-0.3, -0.25) is 4.79 Å².